The molecule has 4 heterocycles. The molecule has 1 unspecified atom stereocenters. The van der Waals surface area contributed by atoms with Gasteiger partial charge in [0.05, 0.1) is 17.3 Å². The van der Waals surface area contributed by atoms with Gasteiger partial charge in [-0.15, -0.1) is 0 Å². The van der Waals surface area contributed by atoms with Crippen LogP contribution in [0.2, 0.25) is 0 Å². The molecule has 4 aromatic heterocycles. The van der Waals surface area contributed by atoms with E-state index in [0.717, 1.165) is 23.4 Å². The van der Waals surface area contributed by atoms with Gasteiger partial charge in [-0.1, -0.05) is 0 Å². The van der Waals surface area contributed by atoms with Crippen molar-refractivity contribution in [3.8, 4) is 11.1 Å². The van der Waals surface area contributed by atoms with Gasteiger partial charge in [-0.05, 0) is 24.6 Å². The van der Waals surface area contributed by atoms with Crippen molar-refractivity contribution in [2.24, 2.45) is 0 Å². The Morgan fingerprint density at radius 1 is 1.31 bits per heavy atom. The summed E-state index contributed by atoms with van der Waals surface area (Å²) in [5.41, 5.74) is 2.60. The van der Waals surface area contributed by atoms with E-state index >= 15 is 0 Å². The predicted octanol–water partition coefficient (Wildman–Crippen LogP) is 2.99. The summed E-state index contributed by atoms with van der Waals surface area (Å²) in [6.07, 6.45) is 1.77. The minimum atomic E-state index is -4.53. The molecule has 1 atom stereocenters. The van der Waals surface area contributed by atoms with Gasteiger partial charge in [0.25, 0.3) is 5.91 Å². The number of H-pyrrole nitrogens is 1. The molecule has 3 N–H and O–H groups in total. The predicted molar refractivity (Wildman–Crippen MR) is 101 cm³/mol. The molecule has 0 aromatic carbocycles. The van der Waals surface area contributed by atoms with Gasteiger partial charge in [0.1, 0.15) is 11.7 Å². The van der Waals surface area contributed by atoms with E-state index in [1.807, 2.05) is 5.32 Å². The van der Waals surface area contributed by atoms with Crippen molar-refractivity contribution in [3.05, 3.63) is 42.5 Å². The maximum Gasteiger partial charge on any atom is 0.408 e. The van der Waals surface area contributed by atoms with Gasteiger partial charge >= 0.3 is 6.18 Å². The van der Waals surface area contributed by atoms with Gasteiger partial charge in [0, 0.05) is 36.6 Å². The lowest BCUT2D eigenvalue weighted by atomic mass is 10.1. The summed E-state index contributed by atoms with van der Waals surface area (Å²) in [6, 6.07) is 1.50. The van der Waals surface area contributed by atoms with Crippen molar-refractivity contribution in [1.29, 1.82) is 0 Å². The van der Waals surface area contributed by atoms with Crippen molar-refractivity contribution in [1.82, 2.24) is 29.9 Å². The average Bonchev–Trinajstić information content (AvgIpc) is 3.30. The normalized spacial score (nSPS) is 13.0. The van der Waals surface area contributed by atoms with Gasteiger partial charge in [0.2, 0.25) is 5.95 Å². The lowest BCUT2D eigenvalue weighted by molar-refractivity contribution is -0.149. The second-order valence-electron chi connectivity index (χ2n) is 6.45. The summed E-state index contributed by atoms with van der Waals surface area (Å²) in [5, 5.41) is 9.64. The zero-order valence-corrected chi connectivity index (χ0v) is 15.4. The van der Waals surface area contributed by atoms with Crippen molar-refractivity contribution < 1.29 is 18.0 Å². The van der Waals surface area contributed by atoms with Crippen molar-refractivity contribution in [2.75, 3.05) is 12.4 Å². The van der Waals surface area contributed by atoms with Gasteiger partial charge in [-0.2, -0.15) is 23.3 Å². The number of alkyl halides is 3. The van der Waals surface area contributed by atoms with E-state index < -0.39 is 18.1 Å². The van der Waals surface area contributed by atoms with Crippen LogP contribution in [0.5, 0.6) is 0 Å². The van der Waals surface area contributed by atoms with E-state index in [0.29, 0.717) is 17.1 Å². The maximum atomic E-state index is 12.8. The molecule has 0 aliphatic heterocycles. The first-order valence-corrected chi connectivity index (χ1v) is 8.65. The molecule has 4 rings (SSSR count). The summed E-state index contributed by atoms with van der Waals surface area (Å²) in [4.78, 5) is 24.0. The molecular weight excluding hydrogens is 387 g/mol. The summed E-state index contributed by atoms with van der Waals surface area (Å²) in [6.45, 7) is 0.889. The molecule has 0 aliphatic carbocycles. The highest BCUT2D eigenvalue weighted by atomic mass is 19.4. The number of amides is 1. The van der Waals surface area contributed by atoms with E-state index in [1.165, 1.54) is 10.7 Å². The molecule has 0 fully saturated rings. The maximum absolute atomic E-state index is 12.8. The number of aromatic nitrogens is 5. The lowest BCUT2D eigenvalue weighted by Crippen LogP contribution is -2.43. The molecule has 4 aromatic rings. The Balaban J connectivity index is 1.73. The molecule has 0 bridgehead atoms. The number of nitrogens with one attached hydrogen (secondary N) is 3. The molecule has 0 saturated carbocycles. The lowest BCUT2D eigenvalue weighted by Gasteiger charge is -2.16. The molecule has 0 radical (unpaired) electrons. The van der Waals surface area contributed by atoms with Gasteiger partial charge < -0.3 is 15.6 Å². The zero-order valence-electron chi connectivity index (χ0n) is 15.4. The monoisotopic (exact) mass is 403 g/mol. The molecule has 0 spiro atoms. The Bertz CT molecular complexity index is 1210. The Morgan fingerprint density at radius 3 is 2.83 bits per heavy atom. The highest BCUT2D eigenvalue weighted by molar-refractivity contribution is 6.02. The Morgan fingerprint density at radius 2 is 2.10 bits per heavy atom. The van der Waals surface area contributed by atoms with E-state index in [9.17, 15) is 18.0 Å². The highest BCUT2D eigenvalue weighted by Crippen LogP contribution is 2.29. The molecule has 0 aliphatic rings. The fourth-order valence-electron chi connectivity index (χ4n) is 2.95. The second kappa shape index (κ2) is 6.76. The summed E-state index contributed by atoms with van der Waals surface area (Å²) < 4.78 is 39.7. The molecule has 0 saturated heterocycles. The number of aromatic amines is 1. The number of rotatable bonds is 4. The molecule has 150 valence electrons. The van der Waals surface area contributed by atoms with Gasteiger partial charge in [-0.25, -0.2) is 9.50 Å². The smallest absolute Gasteiger partial charge is 0.357 e. The van der Waals surface area contributed by atoms with E-state index in [-0.39, 0.29) is 5.56 Å². The Kier molecular flexibility index (Phi) is 4.36. The minimum Gasteiger partial charge on any atom is -0.357 e. The first-order chi connectivity index (χ1) is 13.8. The zero-order chi connectivity index (χ0) is 20.8. The van der Waals surface area contributed by atoms with Crippen LogP contribution in [0.3, 0.4) is 0 Å². The van der Waals surface area contributed by atoms with Crippen LogP contribution in [0.25, 0.3) is 27.7 Å². The van der Waals surface area contributed by atoms with Crippen LogP contribution in [0, 0.1) is 0 Å². The summed E-state index contributed by atoms with van der Waals surface area (Å²) >= 11 is 0. The number of fused-ring (bicyclic) bond motifs is 2. The second-order valence-corrected chi connectivity index (χ2v) is 6.45. The third-order valence-corrected chi connectivity index (χ3v) is 4.57. The first-order valence-electron chi connectivity index (χ1n) is 8.65. The fourth-order valence-corrected chi connectivity index (χ4v) is 2.95. The van der Waals surface area contributed by atoms with Gasteiger partial charge in [-0.3, -0.25) is 4.79 Å². The third kappa shape index (κ3) is 3.35. The summed E-state index contributed by atoms with van der Waals surface area (Å²) in [5.74, 6) is -0.377. The van der Waals surface area contributed by atoms with Crippen molar-refractivity contribution >= 4 is 28.4 Å². The van der Waals surface area contributed by atoms with Crippen LogP contribution in [0.1, 0.15) is 17.3 Å². The largest absolute Gasteiger partial charge is 0.408 e. The first kappa shape index (κ1) is 18.7. The van der Waals surface area contributed by atoms with Crippen molar-refractivity contribution in [2.45, 2.75) is 19.1 Å². The number of carbonyl (C=O) groups excluding carboxylic acids is 1. The summed E-state index contributed by atoms with van der Waals surface area (Å²) in [7, 11) is 1.71. The van der Waals surface area contributed by atoms with Crippen LogP contribution in [-0.4, -0.2) is 49.7 Å². The Hall–Kier alpha value is -3.63. The van der Waals surface area contributed by atoms with Crippen LogP contribution in [0.4, 0.5) is 19.1 Å². The fraction of sp³-hybridized carbons (Fsp3) is 0.222. The molecule has 1 amide bonds. The minimum absolute atomic E-state index is 0.0523. The topological polar surface area (TPSA) is 100 Å². The molecular formula is C18H16F3N7O. The number of pyridine rings is 1. The van der Waals surface area contributed by atoms with Crippen molar-refractivity contribution in [3.63, 3.8) is 0 Å². The number of anilines is 1. The Labute approximate surface area is 162 Å². The number of nitrogens with zero attached hydrogens (tertiary/aromatic N) is 4. The number of hydrogen-bond acceptors (Lipinski definition) is 5. The average molecular weight is 403 g/mol. The number of halogens is 3. The number of hydrogen-bond donors (Lipinski definition) is 3. The molecule has 8 nitrogen and oxygen atoms in total. The SMILES string of the molecule is CNc1ncc2c(-c3ccn4ncc(C(=O)NC(C)C(F)(F)F)c4c3)c[nH]c2n1. The third-order valence-electron chi connectivity index (χ3n) is 4.57. The molecule has 11 heteroatoms. The van der Waals surface area contributed by atoms with Crippen LogP contribution in [-0.2, 0) is 0 Å². The van der Waals surface area contributed by atoms with E-state index in [1.54, 1.807) is 37.8 Å². The van der Waals surface area contributed by atoms with Crippen LogP contribution >= 0.6 is 0 Å². The number of carbonyl (C=O) groups is 1. The van der Waals surface area contributed by atoms with Crippen LogP contribution in [0.15, 0.2) is 36.9 Å². The standard InChI is InChI=1S/C18H16F3N7O/c1-9(18(19,20)21)26-16(29)13-8-25-28-4-3-10(5-14(13)28)11-6-23-15-12(11)7-24-17(22-2)27-15/h3-9H,1-2H3,(H,26,29)(H2,22,23,24,27). The van der Waals surface area contributed by atoms with Gasteiger partial charge in [0.15, 0.2) is 0 Å². The van der Waals surface area contributed by atoms with Crippen LogP contribution < -0.4 is 10.6 Å². The quantitative estimate of drug-likeness (QED) is 0.486. The van der Waals surface area contributed by atoms with E-state index in [4.69, 9.17) is 0 Å². The van der Waals surface area contributed by atoms with E-state index in [2.05, 4.69) is 25.4 Å². The highest BCUT2D eigenvalue weighted by Gasteiger charge is 2.37. The molecule has 29 heavy (non-hydrogen) atoms.